The van der Waals surface area contributed by atoms with Gasteiger partial charge in [-0.3, -0.25) is 0 Å². The number of benzene rings is 5. The lowest BCUT2D eigenvalue weighted by Crippen LogP contribution is -2.13. The van der Waals surface area contributed by atoms with Crippen LogP contribution in [0.1, 0.15) is 42.9 Å². The Balaban J connectivity index is 1.40. The molecule has 176 valence electrons. The normalized spacial score (nSPS) is 12.6. The molecule has 1 nitrogen and oxygen atoms in total. The molecule has 0 bridgehead atoms. The predicted molar refractivity (Wildman–Crippen MR) is 154 cm³/mol. The molecule has 0 radical (unpaired) electrons. The van der Waals surface area contributed by atoms with Crippen LogP contribution in [0, 0.1) is 0 Å². The molecule has 0 fully saturated rings. The first-order valence-electron chi connectivity index (χ1n) is 13.0. The molecule has 5 aromatic rings. The Labute approximate surface area is 214 Å². The molecular weight excluding hydrogens is 434 g/mol. The SMILES string of the molecule is CCC(C)c1ccccc1N(c1ccccc1)c1ccc(-c2ccc3c(c2)-c2ccccc2C3)cc1. The molecule has 0 saturated heterocycles. The number of hydrogen-bond donors (Lipinski definition) is 0. The van der Waals surface area contributed by atoms with Crippen molar-refractivity contribution in [3.05, 3.63) is 138 Å². The van der Waals surface area contributed by atoms with Gasteiger partial charge in [-0.2, -0.15) is 0 Å². The Bertz CT molecular complexity index is 1500. The average Bonchev–Trinajstić information content (AvgIpc) is 3.32. The Hall–Kier alpha value is -4.10. The highest BCUT2D eigenvalue weighted by atomic mass is 15.1. The van der Waals surface area contributed by atoms with E-state index in [1.54, 1.807) is 0 Å². The van der Waals surface area contributed by atoms with E-state index in [0.29, 0.717) is 5.92 Å². The zero-order valence-corrected chi connectivity index (χ0v) is 21.0. The van der Waals surface area contributed by atoms with E-state index in [0.717, 1.165) is 12.8 Å². The van der Waals surface area contributed by atoms with Crippen LogP contribution in [0.5, 0.6) is 0 Å². The Morgan fingerprint density at radius 1 is 0.611 bits per heavy atom. The first-order chi connectivity index (χ1) is 17.7. The van der Waals surface area contributed by atoms with E-state index in [2.05, 4.69) is 140 Å². The van der Waals surface area contributed by atoms with Crippen molar-refractivity contribution in [1.29, 1.82) is 0 Å². The van der Waals surface area contributed by atoms with Crippen LogP contribution in [-0.2, 0) is 6.42 Å². The minimum absolute atomic E-state index is 0.487. The van der Waals surface area contributed by atoms with Crippen LogP contribution >= 0.6 is 0 Å². The van der Waals surface area contributed by atoms with Gasteiger partial charge in [-0.25, -0.2) is 0 Å². The fraction of sp³-hybridized carbons (Fsp3) is 0.143. The molecule has 0 amide bonds. The van der Waals surface area contributed by atoms with Gasteiger partial charge in [0.15, 0.2) is 0 Å². The zero-order valence-electron chi connectivity index (χ0n) is 21.0. The lowest BCUT2D eigenvalue weighted by atomic mass is 9.95. The van der Waals surface area contributed by atoms with Crippen molar-refractivity contribution < 1.29 is 0 Å². The third kappa shape index (κ3) is 4.01. The minimum Gasteiger partial charge on any atom is -0.310 e. The predicted octanol–water partition coefficient (Wildman–Crippen LogP) is 9.91. The van der Waals surface area contributed by atoms with E-state index in [-0.39, 0.29) is 0 Å². The average molecular weight is 466 g/mol. The summed E-state index contributed by atoms with van der Waals surface area (Å²) in [6.45, 7) is 4.58. The second kappa shape index (κ2) is 9.51. The van der Waals surface area contributed by atoms with Crippen molar-refractivity contribution in [1.82, 2.24) is 0 Å². The van der Waals surface area contributed by atoms with Crippen LogP contribution < -0.4 is 4.90 Å². The molecule has 1 aliphatic carbocycles. The quantitative estimate of drug-likeness (QED) is 0.236. The van der Waals surface area contributed by atoms with Crippen LogP contribution in [-0.4, -0.2) is 0 Å². The van der Waals surface area contributed by atoms with Gasteiger partial charge in [0.2, 0.25) is 0 Å². The van der Waals surface area contributed by atoms with E-state index < -0.39 is 0 Å². The number of rotatable bonds is 6. The molecule has 0 N–H and O–H groups in total. The topological polar surface area (TPSA) is 3.24 Å². The molecule has 36 heavy (non-hydrogen) atoms. The smallest absolute Gasteiger partial charge is 0.0496 e. The van der Waals surface area contributed by atoms with Crippen LogP contribution in [0.25, 0.3) is 22.3 Å². The lowest BCUT2D eigenvalue weighted by molar-refractivity contribution is 0.733. The van der Waals surface area contributed by atoms with Gasteiger partial charge in [0.05, 0.1) is 0 Å². The number of para-hydroxylation sites is 2. The number of hydrogen-bond acceptors (Lipinski definition) is 1. The van der Waals surface area contributed by atoms with Crippen molar-refractivity contribution in [2.45, 2.75) is 32.6 Å². The summed E-state index contributed by atoms with van der Waals surface area (Å²) >= 11 is 0. The highest BCUT2D eigenvalue weighted by Gasteiger charge is 2.20. The molecule has 0 heterocycles. The Morgan fingerprint density at radius 2 is 1.25 bits per heavy atom. The van der Waals surface area contributed by atoms with E-state index in [1.807, 2.05) is 0 Å². The summed E-state index contributed by atoms with van der Waals surface area (Å²) in [6, 6.07) is 44.3. The number of nitrogens with zero attached hydrogens (tertiary/aromatic N) is 1. The van der Waals surface area contributed by atoms with Crippen LogP contribution in [0.4, 0.5) is 17.1 Å². The lowest BCUT2D eigenvalue weighted by Gasteiger charge is -2.29. The molecular formula is C35H31N. The van der Waals surface area contributed by atoms with Gasteiger partial charge in [-0.1, -0.05) is 98.8 Å². The summed E-state index contributed by atoms with van der Waals surface area (Å²) in [5.41, 5.74) is 13.1. The molecule has 5 aromatic carbocycles. The van der Waals surface area contributed by atoms with E-state index in [1.165, 1.54) is 56.0 Å². The molecule has 0 aliphatic heterocycles. The second-order valence-corrected chi connectivity index (χ2v) is 9.79. The van der Waals surface area contributed by atoms with Crippen molar-refractivity contribution in [3.63, 3.8) is 0 Å². The number of fused-ring (bicyclic) bond motifs is 3. The molecule has 1 unspecified atom stereocenters. The largest absolute Gasteiger partial charge is 0.310 e. The molecule has 1 aliphatic rings. The molecule has 1 atom stereocenters. The third-order valence-corrected chi connectivity index (χ3v) is 7.59. The van der Waals surface area contributed by atoms with E-state index >= 15 is 0 Å². The summed E-state index contributed by atoms with van der Waals surface area (Å²) in [4.78, 5) is 2.39. The molecule has 0 aromatic heterocycles. The highest BCUT2D eigenvalue weighted by Crippen LogP contribution is 2.41. The maximum atomic E-state index is 2.39. The Kier molecular flexibility index (Phi) is 5.91. The first-order valence-corrected chi connectivity index (χ1v) is 13.0. The summed E-state index contributed by atoms with van der Waals surface area (Å²) in [6.07, 6.45) is 2.15. The van der Waals surface area contributed by atoms with E-state index in [4.69, 9.17) is 0 Å². The molecule has 6 rings (SSSR count). The zero-order chi connectivity index (χ0) is 24.5. The van der Waals surface area contributed by atoms with Crippen molar-refractivity contribution >= 4 is 17.1 Å². The maximum absolute atomic E-state index is 2.39. The summed E-state index contributed by atoms with van der Waals surface area (Å²) in [5.74, 6) is 0.487. The van der Waals surface area contributed by atoms with Gasteiger partial charge < -0.3 is 4.90 Å². The van der Waals surface area contributed by atoms with Crippen molar-refractivity contribution in [3.8, 4) is 22.3 Å². The second-order valence-electron chi connectivity index (χ2n) is 9.79. The van der Waals surface area contributed by atoms with Gasteiger partial charge in [-0.05, 0) is 94.1 Å². The fourth-order valence-electron chi connectivity index (χ4n) is 5.44. The monoisotopic (exact) mass is 465 g/mol. The summed E-state index contributed by atoms with van der Waals surface area (Å²) < 4.78 is 0. The van der Waals surface area contributed by atoms with E-state index in [9.17, 15) is 0 Å². The summed E-state index contributed by atoms with van der Waals surface area (Å²) in [7, 11) is 0. The minimum atomic E-state index is 0.487. The van der Waals surface area contributed by atoms with Gasteiger partial charge in [0, 0.05) is 17.1 Å². The van der Waals surface area contributed by atoms with Gasteiger partial charge in [-0.15, -0.1) is 0 Å². The van der Waals surface area contributed by atoms with Crippen LogP contribution in [0.2, 0.25) is 0 Å². The van der Waals surface area contributed by atoms with Gasteiger partial charge in [0.1, 0.15) is 0 Å². The molecule has 1 heteroatoms. The van der Waals surface area contributed by atoms with Gasteiger partial charge >= 0.3 is 0 Å². The van der Waals surface area contributed by atoms with Crippen molar-refractivity contribution in [2.75, 3.05) is 4.90 Å². The highest BCUT2D eigenvalue weighted by molar-refractivity contribution is 5.83. The fourth-order valence-corrected chi connectivity index (χ4v) is 5.44. The third-order valence-electron chi connectivity index (χ3n) is 7.59. The standard InChI is InChI=1S/C35H31N/c1-3-25(2)32-14-9-10-16-35(32)36(30-12-5-4-6-13-30)31-21-19-26(20-22-31)27-17-18-29-23-28-11-7-8-15-33(28)34(29)24-27/h4-22,24-25H,3,23H2,1-2H3. The van der Waals surface area contributed by atoms with Crippen LogP contribution in [0.15, 0.2) is 121 Å². The first kappa shape index (κ1) is 22.4. The number of anilines is 3. The summed E-state index contributed by atoms with van der Waals surface area (Å²) in [5, 5.41) is 0. The van der Waals surface area contributed by atoms with Gasteiger partial charge in [0.25, 0.3) is 0 Å². The van der Waals surface area contributed by atoms with Crippen molar-refractivity contribution in [2.24, 2.45) is 0 Å². The maximum Gasteiger partial charge on any atom is 0.0496 e. The molecule has 0 saturated carbocycles. The Morgan fingerprint density at radius 3 is 2.06 bits per heavy atom. The van der Waals surface area contributed by atoms with Crippen LogP contribution in [0.3, 0.4) is 0 Å². The molecule has 0 spiro atoms.